The quantitative estimate of drug-likeness (QED) is 0.190. The van der Waals surface area contributed by atoms with Crippen molar-refractivity contribution in [1.29, 1.82) is 0 Å². The minimum Gasteiger partial charge on any atom is -0.453 e. The Bertz CT molecular complexity index is 3060. The summed E-state index contributed by atoms with van der Waals surface area (Å²) in [5, 5.41) is 5.88. The van der Waals surface area contributed by atoms with Gasteiger partial charge in [0.25, 0.3) is 0 Å². The predicted molar refractivity (Wildman–Crippen MR) is 209 cm³/mol. The van der Waals surface area contributed by atoms with Gasteiger partial charge in [-0.15, -0.1) is 0 Å². The highest BCUT2D eigenvalue weighted by Gasteiger charge is 2.20. The van der Waals surface area contributed by atoms with Crippen molar-refractivity contribution in [2.75, 3.05) is 0 Å². The lowest BCUT2D eigenvalue weighted by atomic mass is 9.97. The van der Waals surface area contributed by atoms with Gasteiger partial charge in [0.1, 0.15) is 11.1 Å². The van der Waals surface area contributed by atoms with Crippen LogP contribution in [-0.4, -0.2) is 19.1 Å². The van der Waals surface area contributed by atoms with Crippen LogP contribution in [0.25, 0.3) is 99.6 Å². The van der Waals surface area contributed by atoms with Gasteiger partial charge in [-0.1, -0.05) is 115 Å². The van der Waals surface area contributed by atoms with Crippen LogP contribution in [0.4, 0.5) is 0 Å². The molecule has 0 unspecified atom stereocenters. The van der Waals surface area contributed by atoms with E-state index in [0.29, 0.717) is 11.4 Å². The molecule has 0 saturated carbocycles. The third-order valence-electron chi connectivity index (χ3n) is 10.2. The first kappa shape index (κ1) is 27.9. The van der Waals surface area contributed by atoms with Gasteiger partial charge in [0.15, 0.2) is 11.4 Å². The molecule has 0 bridgehead atoms. The number of nitrogens with zero attached hydrogens (tertiary/aromatic N) is 4. The van der Waals surface area contributed by atoms with Crippen molar-refractivity contribution in [3.05, 3.63) is 170 Å². The predicted octanol–water partition coefficient (Wildman–Crippen LogP) is 11.9. The molecule has 5 heteroatoms. The van der Waals surface area contributed by atoms with Crippen LogP contribution in [0.2, 0.25) is 0 Å². The maximum absolute atomic E-state index is 6.32. The lowest BCUT2D eigenvalue weighted by Gasteiger charge is -2.16. The minimum absolute atomic E-state index is 0.653. The number of aromatic nitrogens is 4. The van der Waals surface area contributed by atoms with Gasteiger partial charge in [-0.05, 0) is 54.1 Å². The topological polar surface area (TPSA) is 48.8 Å². The number of rotatable bonds is 4. The molecule has 0 N–H and O–H groups in total. The molecule has 11 aromatic rings. The van der Waals surface area contributed by atoms with Crippen molar-refractivity contribution in [2.24, 2.45) is 0 Å². The second kappa shape index (κ2) is 10.8. The van der Waals surface area contributed by atoms with Gasteiger partial charge in [-0.25, -0.2) is 9.97 Å². The van der Waals surface area contributed by atoms with Gasteiger partial charge in [-0.3, -0.25) is 0 Å². The molecule has 0 aliphatic heterocycles. The molecule has 7 aromatic carbocycles. The molecule has 0 aliphatic carbocycles. The Morgan fingerprint density at radius 3 is 1.55 bits per heavy atom. The largest absolute Gasteiger partial charge is 0.453 e. The molecule has 0 fully saturated rings. The number of hydrogen-bond acceptors (Lipinski definition) is 3. The van der Waals surface area contributed by atoms with Crippen molar-refractivity contribution in [1.82, 2.24) is 19.1 Å². The molecule has 5 nitrogen and oxygen atoms in total. The molecular formula is C46H28N4O. The molecule has 0 aliphatic rings. The SMILES string of the molecule is c1ccc(-c2ccccc2-n2c3ccccc3c3ccccc32)c(-c2ncc3oc4ccc(-n5c6ccccc6c6ccccc65)cc4c3n2)c1. The van der Waals surface area contributed by atoms with E-state index in [1.165, 1.54) is 32.6 Å². The van der Waals surface area contributed by atoms with E-state index in [1.54, 1.807) is 0 Å². The summed E-state index contributed by atoms with van der Waals surface area (Å²) in [6.07, 6.45) is 1.81. The number of furan rings is 1. The first-order valence-electron chi connectivity index (χ1n) is 17.2. The van der Waals surface area contributed by atoms with Gasteiger partial charge < -0.3 is 13.6 Å². The summed E-state index contributed by atoms with van der Waals surface area (Å²) >= 11 is 0. The number of hydrogen-bond donors (Lipinski definition) is 0. The normalized spacial score (nSPS) is 11.9. The molecular weight excluding hydrogens is 625 g/mol. The van der Waals surface area contributed by atoms with Gasteiger partial charge in [0, 0.05) is 43.7 Å². The van der Waals surface area contributed by atoms with E-state index < -0.39 is 0 Å². The molecule has 238 valence electrons. The maximum Gasteiger partial charge on any atom is 0.172 e. The smallest absolute Gasteiger partial charge is 0.172 e. The van der Waals surface area contributed by atoms with Gasteiger partial charge >= 0.3 is 0 Å². The van der Waals surface area contributed by atoms with E-state index >= 15 is 0 Å². The van der Waals surface area contributed by atoms with Crippen molar-refractivity contribution in [3.63, 3.8) is 0 Å². The van der Waals surface area contributed by atoms with Crippen molar-refractivity contribution in [2.45, 2.75) is 0 Å². The molecule has 0 spiro atoms. The van der Waals surface area contributed by atoms with Crippen LogP contribution >= 0.6 is 0 Å². The highest BCUT2D eigenvalue weighted by atomic mass is 16.3. The Balaban J connectivity index is 1.10. The minimum atomic E-state index is 0.653. The summed E-state index contributed by atoms with van der Waals surface area (Å²) in [7, 11) is 0. The summed E-state index contributed by atoms with van der Waals surface area (Å²) in [6, 6.07) is 57.8. The fourth-order valence-electron chi connectivity index (χ4n) is 8.01. The van der Waals surface area contributed by atoms with Gasteiger partial charge in [0.05, 0.1) is 34.0 Å². The molecule has 0 atom stereocenters. The van der Waals surface area contributed by atoms with Crippen LogP contribution < -0.4 is 0 Å². The fraction of sp³-hybridized carbons (Fsp3) is 0. The van der Waals surface area contributed by atoms with Crippen LogP contribution in [0, 0.1) is 0 Å². The summed E-state index contributed by atoms with van der Waals surface area (Å²) in [6.45, 7) is 0. The lowest BCUT2D eigenvalue weighted by Crippen LogP contribution is -1.99. The molecule has 0 amide bonds. The molecule has 11 rings (SSSR count). The monoisotopic (exact) mass is 652 g/mol. The number of fused-ring (bicyclic) bond motifs is 9. The van der Waals surface area contributed by atoms with Crippen molar-refractivity contribution in [3.8, 4) is 33.9 Å². The molecule has 51 heavy (non-hydrogen) atoms. The highest BCUT2D eigenvalue weighted by Crippen LogP contribution is 2.40. The van der Waals surface area contributed by atoms with E-state index in [-0.39, 0.29) is 0 Å². The summed E-state index contributed by atoms with van der Waals surface area (Å²) in [4.78, 5) is 10.1. The molecule has 4 aromatic heterocycles. The number of para-hydroxylation sites is 5. The average Bonchev–Trinajstić information content (AvgIpc) is 3.85. The zero-order valence-corrected chi connectivity index (χ0v) is 27.4. The van der Waals surface area contributed by atoms with E-state index in [9.17, 15) is 0 Å². The first-order chi connectivity index (χ1) is 25.3. The van der Waals surface area contributed by atoms with Crippen LogP contribution in [0.1, 0.15) is 0 Å². The molecule has 0 radical (unpaired) electrons. The third-order valence-corrected chi connectivity index (χ3v) is 10.2. The van der Waals surface area contributed by atoms with Crippen LogP contribution in [0.15, 0.2) is 174 Å². The zero-order valence-electron chi connectivity index (χ0n) is 27.4. The maximum atomic E-state index is 6.32. The van der Waals surface area contributed by atoms with E-state index in [4.69, 9.17) is 14.4 Å². The zero-order chi connectivity index (χ0) is 33.5. The first-order valence-corrected chi connectivity index (χ1v) is 17.2. The summed E-state index contributed by atoms with van der Waals surface area (Å²) in [5.41, 5.74) is 12.2. The average molecular weight is 653 g/mol. The standard InChI is InChI=1S/C46H28N4O/c1-2-19-36(30(13-1)31-14-3-10-22-40(31)50-41-23-11-6-17-34(41)35-18-7-12-24-42(35)50)46-47-28-44-45(48-46)37-27-29(25-26-43(37)51-44)49-38-20-8-4-15-32(38)33-16-5-9-21-39(33)49/h1-28H. The Morgan fingerprint density at radius 2 is 0.922 bits per heavy atom. The number of benzene rings is 7. The van der Waals surface area contributed by atoms with Crippen LogP contribution in [-0.2, 0) is 0 Å². The van der Waals surface area contributed by atoms with Crippen LogP contribution in [0.3, 0.4) is 0 Å². The van der Waals surface area contributed by atoms with Gasteiger partial charge in [-0.2, -0.15) is 0 Å². The second-order valence-electron chi connectivity index (χ2n) is 13.0. The third kappa shape index (κ3) is 4.09. The lowest BCUT2D eigenvalue weighted by molar-refractivity contribution is 0.666. The Hall–Kier alpha value is -6.98. The summed E-state index contributed by atoms with van der Waals surface area (Å²) < 4.78 is 11.0. The Kier molecular flexibility index (Phi) is 5.89. The van der Waals surface area contributed by atoms with Crippen LogP contribution in [0.5, 0.6) is 0 Å². The Morgan fingerprint density at radius 1 is 0.412 bits per heavy atom. The van der Waals surface area contributed by atoms with Crippen molar-refractivity contribution >= 4 is 65.7 Å². The van der Waals surface area contributed by atoms with E-state index in [1.807, 2.05) is 12.3 Å². The Labute approximate surface area is 292 Å². The van der Waals surface area contributed by atoms with Gasteiger partial charge in [0.2, 0.25) is 0 Å². The van der Waals surface area contributed by atoms with E-state index in [0.717, 1.165) is 55.6 Å². The molecule has 0 saturated heterocycles. The second-order valence-corrected chi connectivity index (χ2v) is 13.0. The van der Waals surface area contributed by atoms with E-state index in [2.05, 4.69) is 167 Å². The highest BCUT2D eigenvalue weighted by molar-refractivity contribution is 6.11. The summed E-state index contributed by atoms with van der Waals surface area (Å²) in [5.74, 6) is 0.653. The van der Waals surface area contributed by atoms with Crippen molar-refractivity contribution < 1.29 is 4.42 Å². The fourth-order valence-corrected chi connectivity index (χ4v) is 8.01. The molecule has 4 heterocycles.